The Morgan fingerprint density at radius 3 is 2.53 bits per heavy atom. The van der Waals surface area contributed by atoms with Crippen LogP contribution >= 0.6 is 11.6 Å². The smallest absolute Gasteiger partial charge is 0.244 e. The molecule has 1 amide bonds. The third kappa shape index (κ3) is 3.82. The minimum atomic E-state index is -0.415. The third-order valence-electron chi connectivity index (χ3n) is 3.55. The molecule has 1 aromatic carbocycles. The first-order chi connectivity index (χ1) is 9.13. The first-order valence-corrected chi connectivity index (χ1v) is 6.88. The lowest BCUT2D eigenvalue weighted by atomic mass is 9.99. The lowest BCUT2D eigenvalue weighted by molar-refractivity contribution is -0.118. The molecule has 3 nitrogen and oxygen atoms in total. The summed E-state index contributed by atoms with van der Waals surface area (Å²) in [6.07, 6.45) is 7.06. The van der Waals surface area contributed by atoms with E-state index in [1.54, 1.807) is 18.2 Å². The second kappa shape index (κ2) is 6.22. The van der Waals surface area contributed by atoms with Crippen molar-refractivity contribution in [1.82, 2.24) is 5.32 Å². The molecule has 2 rings (SSSR count). The molecule has 1 fully saturated rings. The minimum absolute atomic E-state index is 0.00747. The van der Waals surface area contributed by atoms with Crippen molar-refractivity contribution >= 4 is 23.6 Å². The number of carbonyl (C=O) groups excluding carboxylic acids is 1. The zero-order valence-electron chi connectivity index (χ0n) is 10.7. The molecule has 0 unspecified atom stereocenters. The summed E-state index contributed by atoms with van der Waals surface area (Å²) in [5, 5.41) is 13.0. The number of aliphatic hydroxyl groups is 1. The van der Waals surface area contributed by atoms with Crippen molar-refractivity contribution in [3.63, 3.8) is 0 Å². The molecule has 1 aliphatic carbocycles. The second-order valence-corrected chi connectivity index (χ2v) is 5.46. The maximum absolute atomic E-state index is 11.9. The van der Waals surface area contributed by atoms with Gasteiger partial charge in [0.25, 0.3) is 0 Å². The molecule has 0 spiro atoms. The van der Waals surface area contributed by atoms with Crippen LogP contribution in [0.3, 0.4) is 0 Å². The van der Waals surface area contributed by atoms with Gasteiger partial charge in [0.15, 0.2) is 0 Å². The van der Waals surface area contributed by atoms with Crippen LogP contribution in [0.5, 0.6) is 0 Å². The fourth-order valence-electron chi connectivity index (χ4n) is 2.42. The zero-order chi connectivity index (χ0) is 13.7. The highest BCUT2D eigenvalue weighted by Gasteiger charge is 2.33. The van der Waals surface area contributed by atoms with Gasteiger partial charge in [0.1, 0.15) is 0 Å². The maximum atomic E-state index is 11.9. The normalized spacial score (nSPS) is 17.8. The van der Waals surface area contributed by atoms with E-state index in [1.807, 2.05) is 12.1 Å². The first-order valence-electron chi connectivity index (χ1n) is 6.50. The standard InChI is InChI=1S/C15H18ClNO2/c16-13-6-3-12(4-7-13)5-8-14(19)17-15(11-18)9-1-2-10-15/h3-8,18H,1-2,9-11H2,(H,17,19). The van der Waals surface area contributed by atoms with Crippen LogP contribution in [0.4, 0.5) is 0 Å². The van der Waals surface area contributed by atoms with Crippen LogP contribution in [0.15, 0.2) is 30.3 Å². The molecule has 0 saturated heterocycles. The molecule has 1 aliphatic rings. The SMILES string of the molecule is O=C(C=Cc1ccc(Cl)cc1)NC1(CO)CCCC1. The highest BCUT2D eigenvalue weighted by molar-refractivity contribution is 6.30. The molecule has 0 aromatic heterocycles. The molecule has 2 N–H and O–H groups in total. The van der Waals surface area contributed by atoms with Crippen molar-refractivity contribution in [3.05, 3.63) is 40.9 Å². The Balaban J connectivity index is 1.95. The number of carbonyl (C=O) groups is 1. The Morgan fingerprint density at radius 2 is 1.95 bits per heavy atom. The summed E-state index contributed by atoms with van der Waals surface area (Å²) in [5.74, 6) is -0.161. The van der Waals surface area contributed by atoms with E-state index in [0.717, 1.165) is 31.2 Å². The maximum Gasteiger partial charge on any atom is 0.244 e. The Labute approximate surface area is 118 Å². The molecule has 1 aromatic rings. The van der Waals surface area contributed by atoms with E-state index < -0.39 is 5.54 Å². The zero-order valence-corrected chi connectivity index (χ0v) is 11.5. The number of hydrogen-bond donors (Lipinski definition) is 2. The molecule has 0 atom stereocenters. The summed E-state index contributed by atoms with van der Waals surface area (Å²) in [6, 6.07) is 7.27. The van der Waals surface area contributed by atoms with Gasteiger partial charge >= 0.3 is 0 Å². The molecule has 0 aliphatic heterocycles. The molecule has 0 bridgehead atoms. The lowest BCUT2D eigenvalue weighted by Gasteiger charge is -2.27. The van der Waals surface area contributed by atoms with Crippen molar-refractivity contribution in [1.29, 1.82) is 0 Å². The molecule has 4 heteroatoms. The predicted octanol–water partition coefficient (Wildman–Crippen LogP) is 2.77. The van der Waals surface area contributed by atoms with Gasteiger partial charge < -0.3 is 10.4 Å². The quantitative estimate of drug-likeness (QED) is 0.833. The number of hydrogen-bond acceptors (Lipinski definition) is 2. The van der Waals surface area contributed by atoms with E-state index >= 15 is 0 Å². The van der Waals surface area contributed by atoms with Gasteiger partial charge in [-0.2, -0.15) is 0 Å². The minimum Gasteiger partial charge on any atom is -0.394 e. The molecular weight excluding hydrogens is 262 g/mol. The summed E-state index contributed by atoms with van der Waals surface area (Å²) in [5.41, 5.74) is 0.505. The summed E-state index contributed by atoms with van der Waals surface area (Å²) < 4.78 is 0. The van der Waals surface area contributed by atoms with Crippen molar-refractivity contribution < 1.29 is 9.90 Å². The number of nitrogens with one attached hydrogen (secondary N) is 1. The molecule has 0 heterocycles. The monoisotopic (exact) mass is 279 g/mol. The molecule has 0 radical (unpaired) electrons. The molecule has 19 heavy (non-hydrogen) atoms. The number of rotatable bonds is 4. The predicted molar refractivity (Wildman–Crippen MR) is 76.9 cm³/mol. The summed E-state index contributed by atoms with van der Waals surface area (Å²) in [7, 11) is 0. The van der Waals surface area contributed by atoms with E-state index in [-0.39, 0.29) is 12.5 Å². The van der Waals surface area contributed by atoms with Crippen LogP contribution in [0.25, 0.3) is 6.08 Å². The molecule has 102 valence electrons. The summed E-state index contributed by atoms with van der Waals surface area (Å²) >= 11 is 5.79. The van der Waals surface area contributed by atoms with Gasteiger partial charge in [0, 0.05) is 11.1 Å². The van der Waals surface area contributed by atoms with Crippen LogP contribution in [0, 0.1) is 0 Å². The Kier molecular flexibility index (Phi) is 4.61. The van der Waals surface area contributed by atoms with E-state index in [0.29, 0.717) is 5.02 Å². The highest BCUT2D eigenvalue weighted by atomic mass is 35.5. The topological polar surface area (TPSA) is 49.3 Å². The number of aliphatic hydroxyl groups excluding tert-OH is 1. The molecule has 1 saturated carbocycles. The number of benzene rings is 1. The van der Waals surface area contributed by atoms with E-state index in [1.165, 1.54) is 6.08 Å². The van der Waals surface area contributed by atoms with Crippen molar-refractivity contribution in [2.75, 3.05) is 6.61 Å². The second-order valence-electron chi connectivity index (χ2n) is 5.02. The Morgan fingerprint density at radius 1 is 1.32 bits per heavy atom. The van der Waals surface area contributed by atoms with Gasteiger partial charge in [-0.3, -0.25) is 4.79 Å². The Bertz CT molecular complexity index is 462. The van der Waals surface area contributed by atoms with Crippen LogP contribution in [0.1, 0.15) is 31.2 Å². The van der Waals surface area contributed by atoms with Gasteiger partial charge in [-0.25, -0.2) is 0 Å². The third-order valence-corrected chi connectivity index (χ3v) is 3.80. The van der Waals surface area contributed by atoms with Crippen LogP contribution < -0.4 is 5.32 Å². The first kappa shape index (κ1) is 14.1. The molecular formula is C15H18ClNO2. The summed E-state index contributed by atoms with van der Waals surface area (Å²) in [4.78, 5) is 11.9. The van der Waals surface area contributed by atoms with Gasteiger partial charge in [0.2, 0.25) is 5.91 Å². The van der Waals surface area contributed by atoms with E-state index in [4.69, 9.17) is 11.6 Å². The van der Waals surface area contributed by atoms with Gasteiger partial charge in [-0.15, -0.1) is 0 Å². The van der Waals surface area contributed by atoms with Gasteiger partial charge in [-0.1, -0.05) is 36.6 Å². The average molecular weight is 280 g/mol. The highest BCUT2D eigenvalue weighted by Crippen LogP contribution is 2.29. The fourth-order valence-corrected chi connectivity index (χ4v) is 2.55. The van der Waals surface area contributed by atoms with Crippen molar-refractivity contribution in [2.24, 2.45) is 0 Å². The number of amides is 1. The number of halogens is 1. The van der Waals surface area contributed by atoms with E-state index in [9.17, 15) is 9.90 Å². The summed E-state index contributed by atoms with van der Waals surface area (Å²) in [6.45, 7) is 0.00747. The largest absolute Gasteiger partial charge is 0.394 e. The van der Waals surface area contributed by atoms with Gasteiger partial charge in [0.05, 0.1) is 12.1 Å². The fraction of sp³-hybridized carbons (Fsp3) is 0.400. The van der Waals surface area contributed by atoms with Crippen molar-refractivity contribution in [2.45, 2.75) is 31.2 Å². The average Bonchev–Trinajstić information content (AvgIpc) is 2.87. The lowest BCUT2D eigenvalue weighted by Crippen LogP contribution is -2.48. The van der Waals surface area contributed by atoms with E-state index in [2.05, 4.69) is 5.32 Å². The van der Waals surface area contributed by atoms with Gasteiger partial charge in [-0.05, 0) is 36.6 Å². The van der Waals surface area contributed by atoms with Crippen molar-refractivity contribution in [3.8, 4) is 0 Å². The Hall–Kier alpha value is -1.32. The van der Waals surface area contributed by atoms with Crippen LogP contribution in [-0.4, -0.2) is 23.2 Å². The van der Waals surface area contributed by atoms with Crippen LogP contribution in [0.2, 0.25) is 5.02 Å². The van der Waals surface area contributed by atoms with Crippen LogP contribution in [-0.2, 0) is 4.79 Å².